The summed E-state index contributed by atoms with van der Waals surface area (Å²) in [6, 6.07) is 0.958. The highest BCUT2D eigenvalue weighted by Crippen LogP contribution is 2.15. The summed E-state index contributed by atoms with van der Waals surface area (Å²) in [4.78, 5) is 0. The van der Waals surface area contributed by atoms with Gasteiger partial charge in [-0.15, -0.1) is 0 Å². The van der Waals surface area contributed by atoms with Crippen LogP contribution < -0.4 is 0 Å². The van der Waals surface area contributed by atoms with Gasteiger partial charge in [-0.3, -0.25) is 0 Å². The van der Waals surface area contributed by atoms with Gasteiger partial charge in [-0.2, -0.15) is 25.3 Å². The number of rotatable bonds is 8. The Morgan fingerprint density at radius 3 is 1.87 bits per heavy atom. The maximum absolute atomic E-state index is 5.82. The quantitative estimate of drug-likeness (QED) is 0.521. The molecule has 0 heterocycles. The van der Waals surface area contributed by atoms with Crippen molar-refractivity contribution in [1.82, 2.24) is 0 Å². The third kappa shape index (κ3) is 9.75. The molecule has 0 amide bonds. The van der Waals surface area contributed by atoms with Gasteiger partial charge in [-0.05, 0) is 45.9 Å². The van der Waals surface area contributed by atoms with Crippen LogP contribution in [0.15, 0.2) is 0 Å². The predicted octanol–water partition coefficient (Wildman–Crippen LogP) is 2.68. The van der Waals surface area contributed by atoms with Crippen LogP contribution in [-0.4, -0.2) is 32.5 Å². The lowest BCUT2D eigenvalue weighted by Gasteiger charge is -2.23. The average molecular weight is 269 g/mol. The summed E-state index contributed by atoms with van der Waals surface area (Å²) in [6.07, 6.45) is 1.51. The Bertz CT molecular complexity index is 146. The van der Waals surface area contributed by atoms with E-state index in [1.165, 1.54) is 0 Å². The van der Waals surface area contributed by atoms with Crippen LogP contribution in [-0.2, 0) is 8.85 Å². The molecule has 0 saturated carbocycles. The zero-order chi connectivity index (χ0) is 11.8. The molecule has 1 unspecified atom stereocenters. The highest BCUT2D eigenvalue weighted by molar-refractivity contribution is 7.81. The molecule has 0 bridgehead atoms. The van der Waals surface area contributed by atoms with Crippen molar-refractivity contribution in [3.8, 4) is 0 Å². The maximum Gasteiger partial charge on any atom is 0.322 e. The van der Waals surface area contributed by atoms with Gasteiger partial charge in [0.25, 0.3) is 0 Å². The van der Waals surface area contributed by atoms with E-state index in [0.717, 1.165) is 18.2 Å². The van der Waals surface area contributed by atoms with Crippen molar-refractivity contribution in [3.05, 3.63) is 0 Å². The van der Waals surface area contributed by atoms with E-state index in [1.54, 1.807) is 0 Å². The van der Waals surface area contributed by atoms with E-state index in [-0.39, 0.29) is 12.2 Å². The topological polar surface area (TPSA) is 18.5 Å². The lowest BCUT2D eigenvalue weighted by molar-refractivity contribution is 0.129. The third-order valence-corrected chi connectivity index (χ3v) is 5.55. The van der Waals surface area contributed by atoms with Crippen molar-refractivity contribution in [2.24, 2.45) is 0 Å². The Hall–Kier alpha value is 0.837. The molecule has 0 spiro atoms. The van der Waals surface area contributed by atoms with Gasteiger partial charge in [0.15, 0.2) is 0 Å². The molecule has 0 aliphatic carbocycles. The van der Waals surface area contributed by atoms with E-state index in [2.05, 4.69) is 53.0 Å². The second-order valence-corrected chi connectivity index (χ2v) is 7.25. The van der Waals surface area contributed by atoms with E-state index in [1.807, 2.05) is 0 Å². The summed E-state index contributed by atoms with van der Waals surface area (Å²) in [7, 11) is -1.55. The summed E-state index contributed by atoms with van der Waals surface area (Å²) in [5.74, 6) is 0.874. The Balaban J connectivity index is 3.99. The monoisotopic (exact) mass is 268 g/mol. The van der Waals surface area contributed by atoms with Gasteiger partial charge in [0.1, 0.15) is 0 Å². The molecule has 92 valence electrons. The van der Waals surface area contributed by atoms with Crippen LogP contribution in [0.5, 0.6) is 0 Å². The fraction of sp³-hybridized carbons (Fsp3) is 1.00. The van der Waals surface area contributed by atoms with Crippen LogP contribution in [0, 0.1) is 0 Å². The fourth-order valence-electron chi connectivity index (χ4n) is 1.24. The molecule has 0 aliphatic rings. The summed E-state index contributed by atoms with van der Waals surface area (Å²) in [6.45, 7) is 8.21. The summed E-state index contributed by atoms with van der Waals surface area (Å²) >= 11 is 8.73. The Morgan fingerprint density at radius 1 is 1.07 bits per heavy atom. The largest absolute Gasteiger partial charge is 0.394 e. The van der Waals surface area contributed by atoms with Gasteiger partial charge in [0, 0.05) is 17.5 Å². The van der Waals surface area contributed by atoms with Gasteiger partial charge in [0.05, 0.1) is 0 Å². The number of hydrogen-bond donors (Lipinski definition) is 2. The van der Waals surface area contributed by atoms with E-state index in [0.29, 0.717) is 5.25 Å². The summed E-state index contributed by atoms with van der Waals surface area (Å²) in [5, 5.41) is 0.358. The summed E-state index contributed by atoms with van der Waals surface area (Å²) < 4.78 is 11.6. The minimum Gasteiger partial charge on any atom is -0.394 e. The van der Waals surface area contributed by atoms with Gasteiger partial charge in [-0.1, -0.05) is 0 Å². The molecule has 0 N–H and O–H groups in total. The number of hydrogen-bond acceptors (Lipinski definition) is 4. The lowest BCUT2D eigenvalue weighted by atomic mass is 10.4. The second kappa shape index (κ2) is 8.93. The smallest absolute Gasteiger partial charge is 0.322 e. The van der Waals surface area contributed by atoms with Gasteiger partial charge < -0.3 is 8.85 Å². The molecule has 0 aromatic carbocycles. The van der Waals surface area contributed by atoms with Crippen LogP contribution in [0.4, 0.5) is 0 Å². The predicted molar refractivity (Wildman–Crippen MR) is 75.6 cm³/mol. The van der Waals surface area contributed by atoms with Crippen molar-refractivity contribution in [1.29, 1.82) is 0 Å². The molecule has 0 aromatic rings. The first-order chi connectivity index (χ1) is 6.95. The fourth-order valence-corrected chi connectivity index (χ4v) is 4.58. The minimum absolute atomic E-state index is 0.247. The molecule has 15 heavy (non-hydrogen) atoms. The van der Waals surface area contributed by atoms with Gasteiger partial charge in [0.2, 0.25) is 0 Å². The molecule has 0 rings (SSSR count). The van der Waals surface area contributed by atoms with E-state index in [9.17, 15) is 0 Å². The van der Waals surface area contributed by atoms with Crippen molar-refractivity contribution in [2.45, 2.75) is 57.6 Å². The van der Waals surface area contributed by atoms with Crippen LogP contribution >= 0.6 is 25.3 Å². The number of thiol groups is 2. The molecule has 1 atom stereocenters. The molecule has 5 heteroatoms. The van der Waals surface area contributed by atoms with E-state index < -0.39 is 9.28 Å². The zero-order valence-electron chi connectivity index (χ0n) is 10.1. The lowest BCUT2D eigenvalue weighted by Crippen LogP contribution is -2.31. The van der Waals surface area contributed by atoms with Crippen LogP contribution in [0.3, 0.4) is 0 Å². The van der Waals surface area contributed by atoms with Crippen LogP contribution in [0.25, 0.3) is 0 Å². The zero-order valence-corrected chi connectivity index (χ0v) is 13.1. The molecule has 0 fully saturated rings. The Labute approximate surface area is 107 Å². The van der Waals surface area contributed by atoms with Crippen molar-refractivity contribution >= 4 is 34.5 Å². The Morgan fingerprint density at radius 2 is 1.53 bits per heavy atom. The highest BCUT2D eigenvalue weighted by Gasteiger charge is 2.20. The maximum atomic E-state index is 5.82. The van der Waals surface area contributed by atoms with E-state index in [4.69, 9.17) is 8.85 Å². The Kier molecular flexibility index (Phi) is 9.43. The van der Waals surface area contributed by atoms with E-state index >= 15 is 0 Å². The minimum atomic E-state index is -1.55. The van der Waals surface area contributed by atoms with Gasteiger partial charge in [-0.25, -0.2) is 0 Å². The first-order valence-corrected chi connectivity index (χ1v) is 8.46. The molecule has 0 radical (unpaired) electrons. The van der Waals surface area contributed by atoms with Crippen LogP contribution in [0.1, 0.15) is 34.1 Å². The average Bonchev–Trinajstić information content (AvgIpc) is 2.00. The molecule has 0 saturated heterocycles. The normalized spacial score (nSPS) is 14.2. The third-order valence-electron chi connectivity index (χ3n) is 1.77. The van der Waals surface area contributed by atoms with Crippen molar-refractivity contribution in [3.63, 3.8) is 0 Å². The van der Waals surface area contributed by atoms with Crippen molar-refractivity contribution in [2.75, 3.05) is 5.75 Å². The second-order valence-electron chi connectivity index (χ2n) is 4.20. The van der Waals surface area contributed by atoms with Crippen LogP contribution in [0.2, 0.25) is 6.04 Å². The first-order valence-electron chi connectivity index (χ1n) is 5.55. The molecular weight excluding hydrogens is 244 g/mol. The standard InChI is InChI=1S/C10H24O2S2Si/c1-8(2)11-15(12-9(3)4)7-10(14)5-6-13/h8-10,13-15H,5-7H2,1-4H3. The SMILES string of the molecule is CC(C)O[SiH](CC(S)CCS)OC(C)C. The molecule has 0 aromatic heterocycles. The molecule has 2 nitrogen and oxygen atoms in total. The van der Waals surface area contributed by atoms with Crippen molar-refractivity contribution < 1.29 is 8.85 Å². The molecule has 0 aliphatic heterocycles. The summed E-state index contributed by atoms with van der Waals surface area (Å²) in [5.41, 5.74) is 0. The first kappa shape index (κ1) is 15.8. The highest BCUT2D eigenvalue weighted by atomic mass is 32.1. The molecular formula is C10H24O2S2Si. The van der Waals surface area contributed by atoms with Gasteiger partial charge >= 0.3 is 9.28 Å².